The summed E-state index contributed by atoms with van der Waals surface area (Å²) in [6.45, 7) is 3.88. The van der Waals surface area contributed by atoms with Gasteiger partial charge in [0.25, 0.3) is 11.8 Å². The molecule has 3 atom stereocenters. The number of pyridine rings is 1. The molecule has 38 heavy (non-hydrogen) atoms. The van der Waals surface area contributed by atoms with Crippen LogP contribution in [0.5, 0.6) is 5.88 Å². The summed E-state index contributed by atoms with van der Waals surface area (Å²) in [6, 6.07) is 16.5. The van der Waals surface area contributed by atoms with E-state index < -0.39 is 23.9 Å². The van der Waals surface area contributed by atoms with Crippen LogP contribution in [0.2, 0.25) is 0 Å². The second-order valence-corrected chi connectivity index (χ2v) is 9.48. The summed E-state index contributed by atoms with van der Waals surface area (Å²) in [5.74, 6) is 4.61. The van der Waals surface area contributed by atoms with Gasteiger partial charge in [-0.15, -0.1) is 0 Å². The number of halogens is 1. The summed E-state index contributed by atoms with van der Waals surface area (Å²) in [4.78, 5) is 33.9. The Bertz CT molecular complexity index is 1370. The summed E-state index contributed by atoms with van der Waals surface area (Å²) in [6.07, 6.45) is 0.990. The Morgan fingerprint density at radius 1 is 1.18 bits per heavy atom. The predicted molar refractivity (Wildman–Crippen MR) is 141 cm³/mol. The minimum absolute atomic E-state index is 0.0284. The number of aliphatic hydroxyl groups is 1. The van der Waals surface area contributed by atoms with Gasteiger partial charge in [0.15, 0.2) is 0 Å². The van der Waals surface area contributed by atoms with Crippen molar-refractivity contribution in [1.29, 1.82) is 0 Å². The van der Waals surface area contributed by atoms with Gasteiger partial charge in [0.2, 0.25) is 5.88 Å². The Kier molecular flexibility index (Phi) is 8.39. The smallest absolute Gasteiger partial charge is 0.259 e. The van der Waals surface area contributed by atoms with Crippen LogP contribution in [-0.2, 0) is 0 Å². The summed E-state index contributed by atoms with van der Waals surface area (Å²) in [7, 11) is 1.58. The van der Waals surface area contributed by atoms with Crippen LogP contribution in [-0.4, -0.2) is 70.6 Å². The Hall–Kier alpha value is -4.22. The second-order valence-electron chi connectivity index (χ2n) is 9.48. The molecule has 0 bridgehead atoms. The van der Waals surface area contributed by atoms with Crippen molar-refractivity contribution < 1.29 is 23.8 Å². The molecule has 2 aromatic carbocycles. The van der Waals surface area contributed by atoms with Gasteiger partial charge < -0.3 is 19.6 Å². The molecule has 3 aromatic rings. The first kappa shape index (κ1) is 26.8. The van der Waals surface area contributed by atoms with E-state index in [4.69, 9.17) is 4.74 Å². The normalized spacial score (nSPS) is 17.7. The molecular formula is C30H30FN3O4. The SMILES string of the molecule is C[C@@H]1CN([C@@H](C)CO)C(=O)c2cc(C#Cc3ccccc3)cnc2O[C@H]1CN(C)C(=O)c1ccccc1F. The van der Waals surface area contributed by atoms with Crippen LogP contribution in [0.15, 0.2) is 66.9 Å². The second kappa shape index (κ2) is 11.9. The highest BCUT2D eigenvalue weighted by atomic mass is 19.1. The Morgan fingerprint density at radius 2 is 1.87 bits per heavy atom. The fourth-order valence-electron chi connectivity index (χ4n) is 4.25. The number of carbonyl (C=O) groups is 2. The summed E-state index contributed by atoms with van der Waals surface area (Å²) in [5, 5.41) is 9.85. The van der Waals surface area contributed by atoms with E-state index in [9.17, 15) is 19.1 Å². The molecule has 0 saturated carbocycles. The van der Waals surface area contributed by atoms with Gasteiger partial charge in [-0.05, 0) is 37.3 Å². The van der Waals surface area contributed by atoms with Gasteiger partial charge in [-0.3, -0.25) is 9.59 Å². The highest BCUT2D eigenvalue weighted by Crippen LogP contribution is 2.27. The van der Waals surface area contributed by atoms with Gasteiger partial charge in [-0.1, -0.05) is 49.1 Å². The lowest BCUT2D eigenvalue weighted by Gasteiger charge is -2.37. The van der Waals surface area contributed by atoms with Crippen molar-refractivity contribution in [1.82, 2.24) is 14.8 Å². The lowest BCUT2D eigenvalue weighted by molar-refractivity contribution is 0.0312. The molecule has 0 radical (unpaired) electrons. The van der Waals surface area contributed by atoms with E-state index in [0.29, 0.717) is 5.56 Å². The van der Waals surface area contributed by atoms with Gasteiger partial charge in [0, 0.05) is 36.8 Å². The van der Waals surface area contributed by atoms with Gasteiger partial charge in [-0.25, -0.2) is 9.37 Å². The predicted octanol–water partition coefficient (Wildman–Crippen LogP) is 3.61. The van der Waals surface area contributed by atoms with Crippen molar-refractivity contribution >= 4 is 11.8 Å². The number of aromatic nitrogens is 1. The standard InChI is InChI=1S/C30H30FN3O4/c1-20-17-34(21(2)19-35)30(37)25-15-23(14-13-22-9-5-4-6-10-22)16-32-28(25)38-27(20)18-33(3)29(36)24-11-7-8-12-26(24)31/h4-12,15-16,20-21,27,35H,17-19H2,1-3H3/t20-,21+,27+/m1/s1. The number of benzene rings is 2. The number of likely N-dealkylation sites (N-methyl/N-ethyl adjacent to an activating group) is 1. The molecule has 196 valence electrons. The molecule has 8 heteroatoms. The van der Waals surface area contributed by atoms with Gasteiger partial charge in [-0.2, -0.15) is 0 Å². The van der Waals surface area contributed by atoms with Crippen LogP contribution in [0.4, 0.5) is 4.39 Å². The molecule has 0 saturated heterocycles. The number of aliphatic hydroxyl groups excluding tert-OH is 1. The van der Waals surface area contributed by atoms with Gasteiger partial charge >= 0.3 is 0 Å². The maximum atomic E-state index is 14.2. The molecule has 1 N–H and O–H groups in total. The Balaban J connectivity index is 1.66. The van der Waals surface area contributed by atoms with Crippen molar-refractivity contribution in [3.8, 4) is 17.7 Å². The van der Waals surface area contributed by atoms with Crippen molar-refractivity contribution in [2.24, 2.45) is 5.92 Å². The Morgan fingerprint density at radius 3 is 2.58 bits per heavy atom. The minimum atomic E-state index is -0.597. The molecule has 4 rings (SSSR count). The van der Waals surface area contributed by atoms with Crippen LogP contribution >= 0.6 is 0 Å². The van der Waals surface area contributed by atoms with Gasteiger partial charge in [0.05, 0.1) is 24.8 Å². The third kappa shape index (κ3) is 6.01. The number of ether oxygens (including phenoxy) is 1. The van der Waals surface area contributed by atoms with E-state index in [1.807, 2.05) is 37.3 Å². The summed E-state index contributed by atoms with van der Waals surface area (Å²) in [5.41, 5.74) is 1.57. The van der Waals surface area contributed by atoms with E-state index in [2.05, 4.69) is 16.8 Å². The number of fused-ring (bicyclic) bond motifs is 1. The largest absolute Gasteiger partial charge is 0.472 e. The molecule has 1 aliphatic rings. The zero-order valence-electron chi connectivity index (χ0n) is 21.6. The first-order valence-electron chi connectivity index (χ1n) is 12.4. The number of hydrogen-bond acceptors (Lipinski definition) is 5. The third-order valence-electron chi connectivity index (χ3n) is 6.55. The zero-order chi connectivity index (χ0) is 27.2. The average Bonchev–Trinajstić information content (AvgIpc) is 2.93. The quantitative estimate of drug-likeness (QED) is 0.525. The summed E-state index contributed by atoms with van der Waals surface area (Å²) < 4.78 is 20.5. The fraction of sp³-hybridized carbons (Fsp3) is 0.300. The van der Waals surface area contributed by atoms with E-state index in [1.54, 1.807) is 37.2 Å². The van der Waals surface area contributed by atoms with Crippen LogP contribution in [0.25, 0.3) is 0 Å². The number of rotatable bonds is 5. The molecular weight excluding hydrogens is 485 g/mol. The number of amides is 2. The molecule has 0 fully saturated rings. The highest BCUT2D eigenvalue weighted by Gasteiger charge is 2.35. The molecule has 0 aliphatic carbocycles. The number of hydrogen-bond donors (Lipinski definition) is 1. The van der Waals surface area contributed by atoms with E-state index in [-0.39, 0.29) is 48.5 Å². The van der Waals surface area contributed by atoms with E-state index in [0.717, 1.165) is 5.56 Å². The number of carbonyl (C=O) groups excluding carboxylic acids is 2. The van der Waals surface area contributed by atoms with Crippen LogP contribution in [0.3, 0.4) is 0 Å². The zero-order valence-corrected chi connectivity index (χ0v) is 21.6. The first-order valence-corrected chi connectivity index (χ1v) is 12.4. The molecule has 0 spiro atoms. The van der Waals surface area contributed by atoms with Crippen molar-refractivity contribution in [2.75, 3.05) is 26.7 Å². The molecule has 2 heterocycles. The average molecular weight is 516 g/mol. The third-order valence-corrected chi connectivity index (χ3v) is 6.55. The maximum Gasteiger partial charge on any atom is 0.259 e. The molecule has 1 aliphatic heterocycles. The van der Waals surface area contributed by atoms with Crippen LogP contribution in [0, 0.1) is 23.6 Å². The van der Waals surface area contributed by atoms with E-state index in [1.165, 1.54) is 23.1 Å². The van der Waals surface area contributed by atoms with Crippen molar-refractivity contribution in [2.45, 2.75) is 26.0 Å². The minimum Gasteiger partial charge on any atom is -0.472 e. The monoisotopic (exact) mass is 515 g/mol. The Labute approximate surface area is 221 Å². The van der Waals surface area contributed by atoms with Gasteiger partial charge in [0.1, 0.15) is 17.5 Å². The molecule has 0 unspecified atom stereocenters. The van der Waals surface area contributed by atoms with Crippen molar-refractivity contribution in [3.05, 3.63) is 94.9 Å². The summed E-state index contributed by atoms with van der Waals surface area (Å²) >= 11 is 0. The highest BCUT2D eigenvalue weighted by molar-refractivity contribution is 5.97. The first-order chi connectivity index (χ1) is 18.3. The van der Waals surface area contributed by atoms with Crippen molar-refractivity contribution in [3.63, 3.8) is 0 Å². The lowest BCUT2D eigenvalue weighted by atomic mass is 9.99. The van der Waals surface area contributed by atoms with Crippen LogP contribution in [0.1, 0.15) is 45.7 Å². The fourth-order valence-corrected chi connectivity index (χ4v) is 4.25. The molecule has 7 nitrogen and oxygen atoms in total. The topological polar surface area (TPSA) is 83.0 Å². The van der Waals surface area contributed by atoms with E-state index >= 15 is 0 Å². The lowest BCUT2D eigenvalue weighted by Crippen LogP contribution is -2.50. The van der Waals surface area contributed by atoms with Crippen LogP contribution < -0.4 is 4.74 Å². The number of nitrogens with zero attached hydrogens (tertiary/aromatic N) is 3. The maximum absolute atomic E-state index is 14.2. The molecule has 2 amide bonds. The molecule has 1 aromatic heterocycles.